The minimum atomic E-state index is -0.352. The van der Waals surface area contributed by atoms with Crippen LogP contribution in [0.2, 0.25) is 0 Å². The number of hydrogen-bond donors (Lipinski definition) is 0. The molecule has 4 nitrogen and oxygen atoms in total. The summed E-state index contributed by atoms with van der Waals surface area (Å²) < 4.78 is 5.26. The molecular formula is C22H29NO3. The van der Waals surface area contributed by atoms with E-state index in [0.29, 0.717) is 12.2 Å². The van der Waals surface area contributed by atoms with Crippen molar-refractivity contribution >= 4 is 22.6 Å². The summed E-state index contributed by atoms with van der Waals surface area (Å²) in [5.41, 5.74) is 0.606. The third-order valence-electron chi connectivity index (χ3n) is 4.49. The van der Waals surface area contributed by atoms with Crippen LogP contribution in [0.4, 0.5) is 0 Å². The molecular weight excluding hydrogens is 326 g/mol. The van der Waals surface area contributed by atoms with Crippen LogP contribution in [0.25, 0.3) is 10.8 Å². The lowest BCUT2D eigenvalue weighted by Gasteiger charge is -2.17. The molecule has 0 fully saturated rings. The van der Waals surface area contributed by atoms with Crippen LogP contribution in [0, 0.1) is 0 Å². The Morgan fingerprint density at radius 1 is 0.923 bits per heavy atom. The van der Waals surface area contributed by atoms with Gasteiger partial charge >= 0.3 is 5.97 Å². The number of carbonyl (C=O) groups excluding carboxylic acids is 2. The highest BCUT2D eigenvalue weighted by Crippen LogP contribution is 2.19. The molecule has 0 saturated carbocycles. The molecule has 0 atom stereocenters. The van der Waals surface area contributed by atoms with E-state index < -0.39 is 0 Å². The first kappa shape index (κ1) is 20.0. The Balaban J connectivity index is 1.80. The molecule has 2 aromatic carbocycles. The maximum atomic E-state index is 12.7. The van der Waals surface area contributed by atoms with Crippen molar-refractivity contribution in [2.75, 3.05) is 20.2 Å². The fourth-order valence-electron chi connectivity index (χ4n) is 3.00. The van der Waals surface area contributed by atoms with Crippen molar-refractivity contribution in [2.45, 2.75) is 45.4 Å². The predicted octanol–water partition coefficient (Wildman–Crippen LogP) is 4.82. The van der Waals surface area contributed by atoms with E-state index in [1.807, 2.05) is 36.4 Å². The topological polar surface area (TPSA) is 46.6 Å². The molecule has 2 aromatic rings. The maximum Gasteiger partial charge on any atom is 0.325 e. The molecule has 0 aromatic heterocycles. The summed E-state index contributed by atoms with van der Waals surface area (Å²) in [6, 6.07) is 13.4. The highest BCUT2D eigenvalue weighted by atomic mass is 16.5. The lowest BCUT2D eigenvalue weighted by molar-refractivity contribution is -0.144. The van der Waals surface area contributed by atoms with Crippen molar-refractivity contribution < 1.29 is 14.3 Å². The Morgan fingerprint density at radius 2 is 1.62 bits per heavy atom. The fourth-order valence-corrected chi connectivity index (χ4v) is 3.00. The normalized spacial score (nSPS) is 10.7. The summed E-state index contributed by atoms with van der Waals surface area (Å²) in [5.74, 6) is -0.520. The van der Waals surface area contributed by atoms with Crippen LogP contribution in [-0.2, 0) is 9.53 Å². The number of nitrogens with zero attached hydrogens (tertiary/aromatic N) is 1. The lowest BCUT2D eigenvalue weighted by atomic mass is 10.0. The lowest BCUT2D eigenvalue weighted by Crippen LogP contribution is -2.33. The molecule has 2 rings (SSSR count). The summed E-state index contributed by atoms with van der Waals surface area (Å²) in [7, 11) is 1.64. The van der Waals surface area contributed by atoms with E-state index in [4.69, 9.17) is 4.74 Å². The first-order valence-electron chi connectivity index (χ1n) is 9.52. The molecule has 4 heteroatoms. The van der Waals surface area contributed by atoms with E-state index in [1.54, 1.807) is 13.1 Å². The Labute approximate surface area is 156 Å². The zero-order valence-electron chi connectivity index (χ0n) is 15.9. The van der Waals surface area contributed by atoms with Gasteiger partial charge in [0.25, 0.3) is 5.91 Å². The first-order valence-corrected chi connectivity index (χ1v) is 9.52. The number of hydrogen-bond acceptors (Lipinski definition) is 3. The Hall–Kier alpha value is -2.36. The smallest absolute Gasteiger partial charge is 0.325 e. The molecule has 140 valence electrons. The minimum absolute atomic E-state index is 0.0299. The third kappa shape index (κ3) is 5.87. The minimum Gasteiger partial charge on any atom is -0.464 e. The van der Waals surface area contributed by atoms with E-state index in [2.05, 4.69) is 6.92 Å². The average Bonchev–Trinajstić information content (AvgIpc) is 2.66. The quantitative estimate of drug-likeness (QED) is 0.454. The number of amides is 1. The van der Waals surface area contributed by atoms with Crippen LogP contribution in [-0.4, -0.2) is 37.0 Å². The Bertz CT molecular complexity index is 721. The van der Waals surface area contributed by atoms with Gasteiger partial charge in [-0.1, -0.05) is 75.4 Å². The van der Waals surface area contributed by atoms with Crippen molar-refractivity contribution in [3.63, 3.8) is 0 Å². The number of fused-ring (bicyclic) bond motifs is 1. The summed E-state index contributed by atoms with van der Waals surface area (Å²) in [6.45, 7) is 2.59. The molecule has 0 heterocycles. The molecule has 1 amide bonds. The van der Waals surface area contributed by atoms with Crippen molar-refractivity contribution in [1.82, 2.24) is 4.90 Å². The molecule has 0 aliphatic heterocycles. The highest BCUT2D eigenvalue weighted by molar-refractivity contribution is 6.07. The van der Waals surface area contributed by atoms with Gasteiger partial charge in [0.1, 0.15) is 6.54 Å². The van der Waals surface area contributed by atoms with Crippen LogP contribution < -0.4 is 0 Å². The Kier molecular flexibility index (Phi) is 8.13. The van der Waals surface area contributed by atoms with E-state index in [1.165, 1.54) is 30.6 Å². The van der Waals surface area contributed by atoms with E-state index in [0.717, 1.165) is 23.6 Å². The van der Waals surface area contributed by atoms with Crippen LogP contribution in [0.5, 0.6) is 0 Å². The van der Waals surface area contributed by atoms with Gasteiger partial charge in [-0.2, -0.15) is 0 Å². The van der Waals surface area contributed by atoms with Crippen molar-refractivity contribution in [2.24, 2.45) is 0 Å². The van der Waals surface area contributed by atoms with Gasteiger partial charge in [0.05, 0.1) is 6.61 Å². The van der Waals surface area contributed by atoms with E-state index >= 15 is 0 Å². The number of likely N-dealkylation sites (N-methyl/N-ethyl adjacent to an activating group) is 1. The first-order chi connectivity index (χ1) is 12.6. The van der Waals surface area contributed by atoms with Crippen LogP contribution in [0.3, 0.4) is 0 Å². The molecule has 0 radical (unpaired) electrons. The average molecular weight is 355 g/mol. The molecule has 0 saturated heterocycles. The second kappa shape index (κ2) is 10.6. The van der Waals surface area contributed by atoms with E-state index in [9.17, 15) is 9.59 Å². The van der Waals surface area contributed by atoms with Gasteiger partial charge in [0.2, 0.25) is 0 Å². The zero-order valence-corrected chi connectivity index (χ0v) is 15.9. The summed E-state index contributed by atoms with van der Waals surface area (Å²) in [5, 5.41) is 1.91. The van der Waals surface area contributed by atoms with Crippen molar-refractivity contribution in [3.05, 3.63) is 48.0 Å². The molecule has 26 heavy (non-hydrogen) atoms. The van der Waals surface area contributed by atoms with Gasteiger partial charge in [0, 0.05) is 12.6 Å². The molecule has 0 unspecified atom stereocenters. The molecule has 0 spiro atoms. The standard InChI is InChI=1S/C22H29NO3/c1-3-4-5-6-7-10-16-26-21(24)17-23(2)22(25)20-15-11-13-18-12-8-9-14-19(18)20/h8-9,11-15H,3-7,10,16-17H2,1-2H3. The number of benzene rings is 2. The summed E-state index contributed by atoms with van der Waals surface area (Å²) in [6.07, 6.45) is 6.89. The fraction of sp³-hybridized carbons (Fsp3) is 0.455. The second-order valence-corrected chi connectivity index (χ2v) is 6.68. The van der Waals surface area contributed by atoms with E-state index in [-0.39, 0.29) is 18.4 Å². The number of rotatable bonds is 10. The molecule has 0 bridgehead atoms. The SMILES string of the molecule is CCCCCCCCOC(=O)CN(C)C(=O)c1cccc2ccccc12. The van der Waals surface area contributed by atoms with Crippen molar-refractivity contribution in [3.8, 4) is 0 Å². The Morgan fingerprint density at radius 3 is 2.42 bits per heavy atom. The highest BCUT2D eigenvalue weighted by Gasteiger charge is 2.17. The number of carbonyl (C=O) groups is 2. The van der Waals surface area contributed by atoms with Crippen molar-refractivity contribution in [1.29, 1.82) is 0 Å². The van der Waals surface area contributed by atoms with Crippen LogP contribution >= 0.6 is 0 Å². The monoisotopic (exact) mass is 355 g/mol. The maximum absolute atomic E-state index is 12.7. The van der Waals surface area contributed by atoms with Gasteiger partial charge in [-0.05, 0) is 23.3 Å². The second-order valence-electron chi connectivity index (χ2n) is 6.68. The number of unbranched alkanes of at least 4 members (excludes halogenated alkanes) is 5. The molecule has 0 N–H and O–H groups in total. The third-order valence-corrected chi connectivity index (χ3v) is 4.49. The van der Waals surface area contributed by atoms with Gasteiger partial charge in [-0.25, -0.2) is 0 Å². The van der Waals surface area contributed by atoms with Gasteiger partial charge in [0.15, 0.2) is 0 Å². The number of ether oxygens (including phenoxy) is 1. The summed E-state index contributed by atoms with van der Waals surface area (Å²) >= 11 is 0. The number of esters is 1. The molecule has 0 aliphatic carbocycles. The largest absolute Gasteiger partial charge is 0.464 e. The van der Waals surface area contributed by atoms with Crippen LogP contribution in [0.15, 0.2) is 42.5 Å². The van der Waals surface area contributed by atoms with Gasteiger partial charge in [-0.15, -0.1) is 0 Å². The summed E-state index contributed by atoms with van der Waals surface area (Å²) in [4.78, 5) is 26.1. The van der Waals surface area contributed by atoms with Crippen LogP contribution in [0.1, 0.15) is 55.8 Å². The van der Waals surface area contributed by atoms with Gasteiger partial charge in [-0.3, -0.25) is 9.59 Å². The molecule has 0 aliphatic rings. The van der Waals surface area contributed by atoms with Gasteiger partial charge < -0.3 is 9.64 Å². The zero-order chi connectivity index (χ0) is 18.8. The predicted molar refractivity (Wildman–Crippen MR) is 105 cm³/mol.